The molecular weight excluding hydrogens is 192 g/mol. The van der Waals surface area contributed by atoms with Crippen molar-refractivity contribution in [2.24, 2.45) is 0 Å². The van der Waals surface area contributed by atoms with E-state index < -0.39 is 0 Å². The molecule has 1 aliphatic heterocycles. The Morgan fingerprint density at radius 3 is 2.67 bits per heavy atom. The van der Waals surface area contributed by atoms with Gasteiger partial charge in [-0.05, 0) is 24.6 Å². The smallest absolute Gasteiger partial charge is 0.207 e. The molecule has 0 spiro atoms. The van der Waals surface area contributed by atoms with Crippen LogP contribution in [0.5, 0.6) is 11.5 Å². The molecule has 0 amide bonds. The lowest BCUT2D eigenvalue weighted by Crippen LogP contribution is -2.15. The van der Waals surface area contributed by atoms with Crippen molar-refractivity contribution in [3.05, 3.63) is 29.8 Å². The molecule has 0 bridgehead atoms. The molecule has 0 aliphatic carbocycles. The first kappa shape index (κ1) is 9.77. The van der Waals surface area contributed by atoms with Gasteiger partial charge in [0.15, 0.2) is 24.7 Å². The highest BCUT2D eigenvalue weighted by Gasteiger charge is 2.14. The van der Waals surface area contributed by atoms with Gasteiger partial charge in [-0.3, -0.25) is 4.79 Å². The number of ketones is 1. The van der Waals surface area contributed by atoms with Crippen LogP contribution in [-0.2, 0) is 4.79 Å². The van der Waals surface area contributed by atoms with Crippen molar-refractivity contribution in [3.63, 3.8) is 0 Å². The second-order valence-electron chi connectivity index (χ2n) is 3.32. The number of hydrogen-bond donors (Lipinski definition) is 0. The van der Waals surface area contributed by atoms with E-state index >= 15 is 0 Å². The first-order chi connectivity index (χ1) is 7.29. The van der Waals surface area contributed by atoms with Crippen molar-refractivity contribution in [3.8, 4) is 11.5 Å². The van der Waals surface area contributed by atoms with Crippen molar-refractivity contribution >= 4 is 11.9 Å². The van der Waals surface area contributed by atoms with Gasteiger partial charge in [0.2, 0.25) is 5.78 Å². The van der Waals surface area contributed by atoms with Crippen LogP contribution < -0.4 is 9.47 Å². The van der Waals surface area contributed by atoms with Crippen LogP contribution >= 0.6 is 0 Å². The van der Waals surface area contributed by atoms with Crippen LogP contribution in [0, 0.1) is 0 Å². The van der Waals surface area contributed by atoms with Crippen molar-refractivity contribution in [2.45, 2.75) is 6.92 Å². The fraction of sp³-hybridized carbons (Fsp3) is 0.250. The summed E-state index contributed by atoms with van der Waals surface area (Å²) in [5.74, 6) is 1.23. The summed E-state index contributed by atoms with van der Waals surface area (Å²) in [7, 11) is 0. The van der Waals surface area contributed by atoms with Crippen molar-refractivity contribution < 1.29 is 14.3 Å². The highest BCUT2D eigenvalue weighted by molar-refractivity contribution is 5.82. The average molecular weight is 204 g/mol. The molecule has 0 radical (unpaired) electrons. The Bertz CT molecular complexity index is 407. The van der Waals surface area contributed by atoms with Crippen LogP contribution in [0.3, 0.4) is 0 Å². The fourth-order valence-electron chi connectivity index (χ4n) is 1.41. The molecule has 1 heterocycles. The predicted octanol–water partition coefficient (Wildman–Crippen LogP) is 2.06. The van der Waals surface area contributed by atoms with Gasteiger partial charge in [-0.25, -0.2) is 0 Å². The van der Waals surface area contributed by atoms with E-state index in [2.05, 4.69) is 0 Å². The molecule has 78 valence electrons. The minimum atomic E-state index is -0.0428. The van der Waals surface area contributed by atoms with E-state index in [-0.39, 0.29) is 19.0 Å². The summed E-state index contributed by atoms with van der Waals surface area (Å²) in [4.78, 5) is 11.1. The van der Waals surface area contributed by atoms with Crippen LogP contribution in [0.1, 0.15) is 12.5 Å². The zero-order valence-electron chi connectivity index (χ0n) is 8.53. The Labute approximate surface area is 88.3 Å². The van der Waals surface area contributed by atoms with Crippen LogP contribution in [0.25, 0.3) is 6.08 Å². The van der Waals surface area contributed by atoms with Crippen molar-refractivity contribution in [2.75, 3.05) is 13.2 Å². The molecule has 3 nitrogen and oxygen atoms in total. The molecule has 1 aromatic carbocycles. The average Bonchev–Trinajstić information content (AvgIpc) is 2.42. The molecule has 3 heteroatoms. The summed E-state index contributed by atoms with van der Waals surface area (Å²) < 4.78 is 10.6. The second kappa shape index (κ2) is 4.17. The van der Waals surface area contributed by atoms with Gasteiger partial charge in [0.25, 0.3) is 0 Å². The minimum absolute atomic E-state index is 0.0428. The van der Waals surface area contributed by atoms with E-state index in [0.29, 0.717) is 11.5 Å². The lowest BCUT2D eigenvalue weighted by atomic mass is 10.2. The Kier molecular flexibility index (Phi) is 2.72. The lowest BCUT2D eigenvalue weighted by molar-refractivity contribution is -0.122. The normalized spacial score (nSPS) is 15.4. The highest BCUT2D eigenvalue weighted by Crippen LogP contribution is 2.30. The van der Waals surface area contributed by atoms with E-state index in [0.717, 1.165) is 5.56 Å². The van der Waals surface area contributed by atoms with Gasteiger partial charge >= 0.3 is 0 Å². The largest absolute Gasteiger partial charge is 0.482 e. The van der Waals surface area contributed by atoms with E-state index in [4.69, 9.17) is 9.47 Å². The van der Waals surface area contributed by atoms with Gasteiger partial charge in [0.05, 0.1) is 0 Å². The third-order valence-corrected chi connectivity index (χ3v) is 2.10. The van der Waals surface area contributed by atoms with Gasteiger partial charge in [-0.1, -0.05) is 18.2 Å². The molecule has 0 saturated carbocycles. The number of ether oxygens (including phenoxy) is 2. The Morgan fingerprint density at radius 2 is 1.93 bits per heavy atom. The molecule has 0 aromatic heterocycles. The molecule has 1 aromatic rings. The molecule has 0 saturated heterocycles. The lowest BCUT2D eigenvalue weighted by Gasteiger charge is -2.06. The number of Topliss-reactive ketones (excluding diaryl/α,β-unsaturated/α-hetero) is 1. The summed E-state index contributed by atoms with van der Waals surface area (Å²) in [5, 5.41) is 0. The Hall–Kier alpha value is -1.77. The number of fused-ring (bicyclic) bond motifs is 1. The van der Waals surface area contributed by atoms with Gasteiger partial charge in [0, 0.05) is 0 Å². The van der Waals surface area contributed by atoms with Crippen LogP contribution in [-0.4, -0.2) is 19.0 Å². The number of carbonyl (C=O) groups excluding carboxylic acids is 1. The molecule has 0 atom stereocenters. The maximum absolute atomic E-state index is 11.1. The van der Waals surface area contributed by atoms with Crippen LogP contribution in [0.4, 0.5) is 0 Å². The summed E-state index contributed by atoms with van der Waals surface area (Å²) in [5.41, 5.74) is 1.04. The fourth-order valence-corrected chi connectivity index (χ4v) is 1.41. The third kappa shape index (κ3) is 2.18. The molecule has 0 unspecified atom stereocenters. The summed E-state index contributed by atoms with van der Waals surface area (Å²) in [6, 6.07) is 5.62. The Balaban J connectivity index is 2.32. The maximum atomic E-state index is 11.1. The standard InChI is InChI=1S/C12H12O3/c1-2-3-9-4-5-11-12(6-9)15-8-10(13)7-14-11/h2-6H,7-8H2,1H3. The highest BCUT2D eigenvalue weighted by atomic mass is 16.5. The van der Waals surface area contributed by atoms with Gasteiger partial charge < -0.3 is 9.47 Å². The monoisotopic (exact) mass is 204 g/mol. The molecule has 1 aliphatic rings. The molecule has 15 heavy (non-hydrogen) atoms. The number of benzene rings is 1. The topological polar surface area (TPSA) is 35.5 Å². The van der Waals surface area contributed by atoms with Gasteiger partial charge in [-0.2, -0.15) is 0 Å². The predicted molar refractivity (Wildman–Crippen MR) is 57.1 cm³/mol. The van der Waals surface area contributed by atoms with E-state index in [1.54, 1.807) is 0 Å². The van der Waals surface area contributed by atoms with E-state index in [1.165, 1.54) is 0 Å². The number of hydrogen-bond acceptors (Lipinski definition) is 3. The minimum Gasteiger partial charge on any atom is -0.482 e. The second-order valence-corrected chi connectivity index (χ2v) is 3.32. The van der Waals surface area contributed by atoms with Crippen molar-refractivity contribution in [1.82, 2.24) is 0 Å². The van der Waals surface area contributed by atoms with Gasteiger partial charge in [-0.15, -0.1) is 0 Å². The van der Waals surface area contributed by atoms with Gasteiger partial charge in [0.1, 0.15) is 0 Å². The summed E-state index contributed by atoms with van der Waals surface area (Å²) in [6.07, 6.45) is 3.92. The molecule has 2 rings (SSSR count). The number of allylic oxidation sites excluding steroid dienone is 1. The zero-order chi connectivity index (χ0) is 10.7. The molecule has 0 N–H and O–H groups in total. The third-order valence-electron chi connectivity index (χ3n) is 2.10. The SMILES string of the molecule is CC=Cc1ccc2c(c1)OCC(=O)CO2. The maximum Gasteiger partial charge on any atom is 0.207 e. The first-order valence-electron chi connectivity index (χ1n) is 4.83. The summed E-state index contributed by atoms with van der Waals surface area (Å²) in [6.45, 7) is 2.13. The zero-order valence-corrected chi connectivity index (χ0v) is 8.53. The Morgan fingerprint density at radius 1 is 1.20 bits per heavy atom. The molecular formula is C12H12O3. The first-order valence-corrected chi connectivity index (χ1v) is 4.83. The number of carbonyl (C=O) groups is 1. The number of rotatable bonds is 1. The molecule has 0 fully saturated rings. The quantitative estimate of drug-likeness (QED) is 0.702. The van der Waals surface area contributed by atoms with Crippen LogP contribution in [0.15, 0.2) is 24.3 Å². The summed E-state index contributed by atoms with van der Waals surface area (Å²) >= 11 is 0. The van der Waals surface area contributed by atoms with E-state index in [1.807, 2.05) is 37.3 Å². The van der Waals surface area contributed by atoms with Crippen molar-refractivity contribution in [1.29, 1.82) is 0 Å². The van der Waals surface area contributed by atoms with Crippen LogP contribution in [0.2, 0.25) is 0 Å². The van der Waals surface area contributed by atoms with E-state index in [9.17, 15) is 4.79 Å².